The summed E-state index contributed by atoms with van der Waals surface area (Å²) in [6.07, 6.45) is 2.62. The van der Waals surface area contributed by atoms with Crippen LogP contribution in [0.4, 0.5) is 0 Å². The van der Waals surface area contributed by atoms with Gasteiger partial charge >= 0.3 is 0 Å². The highest BCUT2D eigenvalue weighted by Crippen LogP contribution is 2.30. The van der Waals surface area contributed by atoms with Crippen LogP contribution >= 0.6 is 0 Å². The maximum atomic E-state index is 6.10. The number of aryl methyl sites for hydroxylation is 1. The van der Waals surface area contributed by atoms with Crippen LogP contribution < -0.4 is 15.4 Å². The minimum Gasteiger partial charge on any atom is -0.493 e. The van der Waals surface area contributed by atoms with Crippen molar-refractivity contribution in [1.29, 1.82) is 0 Å². The second-order valence-electron chi connectivity index (χ2n) is 9.01. The molecule has 0 bridgehead atoms. The number of ether oxygens (including phenoxy) is 1. The monoisotopic (exact) mass is 415 g/mol. The summed E-state index contributed by atoms with van der Waals surface area (Å²) in [6.45, 7) is 16.2. The minimum absolute atomic E-state index is 0.577. The van der Waals surface area contributed by atoms with E-state index in [0.29, 0.717) is 12.5 Å². The highest BCUT2D eigenvalue weighted by atomic mass is 16.5. The largest absolute Gasteiger partial charge is 0.493 e. The summed E-state index contributed by atoms with van der Waals surface area (Å²) >= 11 is 0. The molecule has 1 unspecified atom stereocenters. The molecule has 1 aliphatic carbocycles. The maximum absolute atomic E-state index is 6.10. The van der Waals surface area contributed by atoms with Crippen LogP contribution in [0.15, 0.2) is 23.2 Å². The Kier molecular flexibility index (Phi) is 8.82. The van der Waals surface area contributed by atoms with Gasteiger partial charge in [-0.1, -0.05) is 26.0 Å². The van der Waals surface area contributed by atoms with Gasteiger partial charge in [0.25, 0.3) is 0 Å². The van der Waals surface area contributed by atoms with E-state index in [1.165, 1.54) is 56.7 Å². The zero-order chi connectivity index (χ0) is 21.3. The average molecular weight is 416 g/mol. The zero-order valence-electron chi connectivity index (χ0n) is 19.4. The quantitative estimate of drug-likeness (QED) is 0.455. The van der Waals surface area contributed by atoms with Gasteiger partial charge in [-0.05, 0) is 49.8 Å². The molecule has 6 nitrogen and oxygen atoms in total. The molecule has 2 fully saturated rings. The fraction of sp³-hybridized carbons (Fsp3) is 0.708. The van der Waals surface area contributed by atoms with E-state index in [9.17, 15) is 0 Å². The fourth-order valence-corrected chi connectivity index (χ4v) is 3.90. The SMILES string of the molecule is CCN1CCN(CC(C)CNC(=NC)NCc2ccc(C)cc2OCC2CC2)CC1. The Morgan fingerprint density at radius 1 is 1.17 bits per heavy atom. The van der Waals surface area contributed by atoms with E-state index in [0.717, 1.165) is 37.3 Å². The Morgan fingerprint density at radius 2 is 1.90 bits per heavy atom. The molecule has 0 aromatic heterocycles. The molecule has 0 radical (unpaired) electrons. The van der Waals surface area contributed by atoms with Crippen LogP contribution in [0.5, 0.6) is 5.75 Å². The van der Waals surface area contributed by atoms with E-state index in [2.05, 4.69) is 64.4 Å². The molecule has 1 heterocycles. The molecule has 0 amide bonds. The van der Waals surface area contributed by atoms with Gasteiger partial charge in [0.05, 0.1) is 6.61 Å². The van der Waals surface area contributed by atoms with Crippen molar-refractivity contribution >= 4 is 5.96 Å². The van der Waals surface area contributed by atoms with Gasteiger partial charge in [0.1, 0.15) is 5.75 Å². The number of rotatable bonds is 10. The maximum Gasteiger partial charge on any atom is 0.191 e. The zero-order valence-corrected chi connectivity index (χ0v) is 19.4. The molecular formula is C24H41N5O. The average Bonchev–Trinajstić information content (AvgIpc) is 3.58. The first kappa shape index (κ1) is 22.9. The van der Waals surface area contributed by atoms with E-state index in [1.54, 1.807) is 0 Å². The predicted molar refractivity (Wildman–Crippen MR) is 125 cm³/mol. The highest BCUT2D eigenvalue weighted by molar-refractivity contribution is 5.79. The number of benzene rings is 1. The second-order valence-corrected chi connectivity index (χ2v) is 9.01. The summed E-state index contributed by atoms with van der Waals surface area (Å²) in [5.74, 6) is 3.19. The van der Waals surface area contributed by atoms with E-state index >= 15 is 0 Å². The van der Waals surface area contributed by atoms with Crippen LogP contribution in [0.25, 0.3) is 0 Å². The van der Waals surface area contributed by atoms with Crippen molar-refractivity contribution in [2.75, 3.05) is 59.5 Å². The van der Waals surface area contributed by atoms with Crippen molar-refractivity contribution in [3.8, 4) is 5.75 Å². The Labute approximate surface area is 183 Å². The lowest BCUT2D eigenvalue weighted by molar-refractivity contribution is 0.124. The van der Waals surface area contributed by atoms with Crippen molar-refractivity contribution in [2.45, 2.75) is 40.2 Å². The van der Waals surface area contributed by atoms with E-state index < -0.39 is 0 Å². The molecule has 0 spiro atoms. The number of guanidine groups is 1. The van der Waals surface area contributed by atoms with Gasteiger partial charge in [-0.3, -0.25) is 4.99 Å². The summed E-state index contributed by atoms with van der Waals surface area (Å²) in [5.41, 5.74) is 2.42. The first-order valence-electron chi connectivity index (χ1n) is 11.7. The fourth-order valence-electron chi connectivity index (χ4n) is 3.90. The molecule has 3 rings (SSSR count). The molecule has 6 heteroatoms. The predicted octanol–water partition coefficient (Wildman–Crippen LogP) is 2.72. The number of nitrogens with zero attached hydrogens (tertiary/aromatic N) is 3. The first-order valence-corrected chi connectivity index (χ1v) is 11.7. The van der Waals surface area contributed by atoms with E-state index in [4.69, 9.17) is 4.74 Å². The van der Waals surface area contributed by atoms with Gasteiger partial charge in [-0.2, -0.15) is 0 Å². The second kappa shape index (κ2) is 11.6. The van der Waals surface area contributed by atoms with Crippen LogP contribution in [0, 0.1) is 18.8 Å². The lowest BCUT2D eigenvalue weighted by atomic mass is 10.1. The van der Waals surface area contributed by atoms with Gasteiger partial charge in [-0.25, -0.2) is 0 Å². The number of nitrogens with one attached hydrogen (secondary N) is 2. The topological polar surface area (TPSA) is 52.1 Å². The molecule has 2 aliphatic rings. The lowest BCUT2D eigenvalue weighted by Crippen LogP contribution is -2.48. The minimum atomic E-state index is 0.577. The third-order valence-corrected chi connectivity index (χ3v) is 6.16. The van der Waals surface area contributed by atoms with Crippen LogP contribution in [0.2, 0.25) is 0 Å². The standard InChI is InChI=1S/C24H41N5O/c1-5-28-10-12-29(13-11-28)17-20(3)15-26-24(25-4)27-16-22-9-6-19(2)14-23(22)30-18-21-7-8-21/h6,9,14,20-21H,5,7-8,10-13,15-18H2,1-4H3,(H2,25,26,27). The van der Waals surface area contributed by atoms with Gasteiger partial charge in [-0.15, -0.1) is 0 Å². The van der Waals surface area contributed by atoms with Gasteiger partial charge in [0.15, 0.2) is 5.96 Å². The number of aliphatic imine (C=N–C) groups is 1. The van der Waals surface area contributed by atoms with Crippen molar-refractivity contribution in [2.24, 2.45) is 16.8 Å². The summed E-state index contributed by atoms with van der Waals surface area (Å²) in [4.78, 5) is 9.52. The van der Waals surface area contributed by atoms with Crippen molar-refractivity contribution in [1.82, 2.24) is 20.4 Å². The summed E-state index contributed by atoms with van der Waals surface area (Å²) in [6, 6.07) is 6.46. The number of hydrogen-bond acceptors (Lipinski definition) is 4. The van der Waals surface area contributed by atoms with Crippen molar-refractivity contribution < 1.29 is 4.74 Å². The van der Waals surface area contributed by atoms with Crippen LogP contribution in [0.1, 0.15) is 37.8 Å². The van der Waals surface area contributed by atoms with Crippen LogP contribution in [-0.2, 0) is 6.54 Å². The molecule has 1 atom stereocenters. The number of piperazine rings is 1. The highest BCUT2D eigenvalue weighted by Gasteiger charge is 2.22. The molecule has 1 aromatic rings. The first-order chi connectivity index (χ1) is 14.6. The van der Waals surface area contributed by atoms with E-state index in [1.807, 2.05) is 7.05 Å². The molecule has 1 aromatic carbocycles. The molecule has 30 heavy (non-hydrogen) atoms. The smallest absolute Gasteiger partial charge is 0.191 e. The summed E-state index contributed by atoms with van der Waals surface area (Å²) < 4.78 is 6.10. The van der Waals surface area contributed by atoms with Gasteiger partial charge in [0, 0.05) is 58.4 Å². The van der Waals surface area contributed by atoms with Crippen LogP contribution in [0.3, 0.4) is 0 Å². The van der Waals surface area contributed by atoms with Crippen LogP contribution in [-0.4, -0.2) is 75.2 Å². The third-order valence-electron chi connectivity index (χ3n) is 6.16. The third kappa shape index (κ3) is 7.47. The summed E-state index contributed by atoms with van der Waals surface area (Å²) in [7, 11) is 1.84. The molecule has 1 saturated heterocycles. The van der Waals surface area contributed by atoms with Crippen molar-refractivity contribution in [3.63, 3.8) is 0 Å². The lowest BCUT2D eigenvalue weighted by Gasteiger charge is -2.35. The Hall–Kier alpha value is -1.79. The Balaban J connectivity index is 1.41. The molecular weight excluding hydrogens is 374 g/mol. The van der Waals surface area contributed by atoms with Crippen molar-refractivity contribution in [3.05, 3.63) is 29.3 Å². The van der Waals surface area contributed by atoms with Gasteiger partial charge < -0.3 is 25.2 Å². The number of hydrogen-bond donors (Lipinski definition) is 2. The Bertz CT molecular complexity index is 680. The summed E-state index contributed by atoms with van der Waals surface area (Å²) in [5, 5.41) is 6.96. The molecule has 1 saturated carbocycles. The van der Waals surface area contributed by atoms with E-state index in [-0.39, 0.29) is 0 Å². The number of likely N-dealkylation sites (N-methyl/N-ethyl adjacent to an activating group) is 1. The Morgan fingerprint density at radius 3 is 2.57 bits per heavy atom. The van der Waals surface area contributed by atoms with Gasteiger partial charge in [0.2, 0.25) is 0 Å². The molecule has 1 aliphatic heterocycles. The normalized spacial score (nSPS) is 19.5. The molecule has 2 N–H and O–H groups in total. The molecule has 168 valence electrons.